The van der Waals surface area contributed by atoms with Gasteiger partial charge in [0.1, 0.15) is 5.82 Å². The van der Waals surface area contributed by atoms with E-state index in [1.165, 1.54) is 6.07 Å². The molecule has 1 aliphatic rings. The molecule has 0 amide bonds. The molecule has 2 N–H and O–H groups in total. The van der Waals surface area contributed by atoms with Crippen LogP contribution in [0.1, 0.15) is 17.2 Å². The number of hydrogen-bond donors (Lipinski definition) is 2. The molecule has 1 saturated heterocycles. The van der Waals surface area contributed by atoms with Gasteiger partial charge in [-0.25, -0.2) is 4.39 Å². The van der Waals surface area contributed by atoms with Gasteiger partial charge in [0.2, 0.25) is 0 Å². The van der Waals surface area contributed by atoms with E-state index in [0.717, 1.165) is 5.56 Å². The molecule has 94 valence electrons. The van der Waals surface area contributed by atoms with Crippen LogP contribution < -0.4 is 5.32 Å². The van der Waals surface area contributed by atoms with Crippen molar-refractivity contribution in [1.82, 2.24) is 5.32 Å². The number of halogens is 1. The van der Waals surface area contributed by atoms with Gasteiger partial charge >= 0.3 is 0 Å². The van der Waals surface area contributed by atoms with Gasteiger partial charge < -0.3 is 15.2 Å². The normalized spacial score (nSPS) is 19.8. The van der Waals surface area contributed by atoms with E-state index >= 15 is 0 Å². The molecule has 2 rings (SSSR count). The highest BCUT2D eigenvalue weighted by Crippen LogP contribution is 2.40. The number of aryl methyl sites for hydroxylation is 1. The maximum absolute atomic E-state index is 13.2. The molecule has 1 atom stereocenters. The van der Waals surface area contributed by atoms with E-state index in [1.54, 1.807) is 13.0 Å². The summed E-state index contributed by atoms with van der Waals surface area (Å²) in [5, 5.41) is 12.7. The summed E-state index contributed by atoms with van der Waals surface area (Å²) in [5.74, 6) is -0.202. The molecular weight excluding hydrogens is 221 g/mol. The first-order valence-electron chi connectivity index (χ1n) is 5.75. The van der Waals surface area contributed by atoms with Crippen molar-refractivity contribution in [3.63, 3.8) is 0 Å². The second kappa shape index (κ2) is 4.72. The molecule has 1 fully saturated rings. The van der Waals surface area contributed by atoms with Gasteiger partial charge in [-0.05, 0) is 31.2 Å². The Balaban J connectivity index is 2.31. The molecule has 1 heterocycles. The van der Waals surface area contributed by atoms with Crippen molar-refractivity contribution >= 4 is 0 Å². The van der Waals surface area contributed by atoms with E-state index in [0.29, 0.717) is 18.8 Å². The van der Waals surface area contributed by atoms with E-state index in [2.05, 4.69) is 5.32 Å². The first-order chi connectivity index (χ1) is 8.13. The average molecular weight is 239 g/mol. The third kappa shape index (κ3) is 2.08. The van der Waals surface area contributed by atoms with E-state index in [1.807, 2.05) is 13.1 Å². The van der Waals surface area contributed by atoms with Crippen LogP contribution in [0.2, 0.25) is 0 Å². The lowest BCUT2D eigenvalue weighted by molar-refractivity contribution is -0.155. The molecule has 0 spiro atoms. The average Bonchev–Trinajstić information content (AvgIpc) is 2.27. The summed E-state index contributed by atoms with van der Waals surface area (Å²) in [6.45, 7) is 2.88. The fraction of sp³-hybridized carbons (Fsp3) is 0.538. The van der Waals surface area contributed by atoms with Gasteiger partial charge in [0, 0.05) is 6.04 Å². The molecule has 1 aromatic carbocycles. The predicted octanol–water partition coefficient (Wildman–Crippen LogP) is 1.40. The topological polar surface area (TPSA) is 41.5 Å². The number of hydrogen-bond acceptors (Lipinski definition) is 3. The molecule has 0 bridgehead atoms. The predicted molar refractivity (Wildman–Crippen MR) is 63.3 cm³/mol. The van der Waals surface area contributed by atoms with E-state index in [-0.39, 0.29) is 23.9 Å². The van der Waals surface area contributed by atoms with Gasteiger partial charge in [-0.1, -0.05) is 12.1 Å². The van der Waals surface area contributed by atoms with Crippen molar-refractivity contribution in [2.45, 2.75) is 13.0 Å². The number of aliphatic hydroxyl groups excluding tert-OH is 1. The van der Waals surface area contributed by atoms with Crippen LogP contribution in [0.15, 0.2) is 18.2 Å². The molecule has 0 saturated carbocycles. The van der Waals surface area contributed by atoms with Crippen LogP contribution in [-0.2, 0) is 4.74 Å². The summed E-state index contributed by atoms with van der Waals surface area (Å²) >= 11 is 0. The fourth-order valence-electron chi connectivity index (χ4n) is 2.39. The molecule has 1 aliphatic heterocycles. The summed E-state index contributed by atoms with van der Waals surface area (Å²) in [6.07, 6.45) is 0. The zero-order chi connectivity index (χ0) is 12.5. The number of nitrogens with one attached hydrogen (secondary N) is 1. The van der Waals surface area contributed by atoms with Crippen molar-refractivity contribution in [2.75, 3.05) is 26.9 Å². The van der Waals surface area contributed by atoms with Crippen molar-refractivity contribution in [2.24, 2.45) is 5.41 Å². The minimum Gasteiger partial charge on any atom is -0.396 e. The lowest BCUT2D eigenvalue weighted by Gasteiger charge is -2.46. The zero-order valence-electron chi connectivity index (χ0n) is 10.2. The number of ether oxygens (including phenoxy) is 1. The third-order valence-corrected chi connectivity index (χ3v) is 3.51. The SMILES string of the molecule is CNC(c1ccc(F)c(C)c1)C1(CO)COC1. The first kappa shape index (κ1) is 12.5. The molecule has 0 radical (unpaired) electrons. The molecule has 1 unspecified atom stereocenters. The van der Waals surface area contributed by atoms with E-state index in [4.69, 9.17) is 4.74 Å². The number of rotatable bonds is 4. The Morgan fingerprint density at radius 3 is 2.65 bits per heavy atom. The lowest BCUT2D eigenvalue weighted by Crippen LogP contribution is -2.53. The van der Waals surface area contributed by atoms with Gasteiger partial charge in [-0.15, -0.1) is 0 Å². The lowest BCUT2D eigenvalue weighted by atomic mass is 9.75. The Hall–Kier alpha value is -0.970. The Kier molecular flexibility index (Phi) is 3.47. The highest BCUT2D eigenvalue weighted by molar-refractivity contribution is 5.28. The number of aliphatic hydroxyl groups is 1. The summed E-state index contributed by atoms with van der Waals surface area (Å²) in [5.41, 5.74) is 1.33. The standard InChI is InChI=1S/C13H18FNO2/c1-9-5-10(3-4-11(9)14)12(15-2)13(6-16)7-17-8-13/h3-5,12,15-16H,6-8H2,1-2H3. The largest absolute Gasteiger partial charge is 0.396 e. The second-order valence-corrected chi connectivity index (χ2v) is 4.74. The van der Waals surface area contributed by atoms with Crippen LogP contribution in [0.4, 0.5) is 4.39 Å². The van der Waals surface area contributed by atoms with Gasteiger partial charge in [0.05, 0.1) is 25.2 Å². The number of benzene rings is 1. The third-order valence-electron chi connectivity index (χ3n) is 3.51. The Bertz CT molecular complexity index is 399. The Morgan fingerprint density at radius 2 is 2.24 bits per heavy atom. The Morgan fingerprint density at radius 1 is 1.53 bits per heavy atom. The second-order valence-electron chi connectivity index (χ2n) is 4.74. The minimum atomic E-state index is -0.279. The van der Waals surface area contributed by atoms with Gasteiger partial charge in [0.25, 0.3) is 0 Å². The van der Waals surface area contributed by atoms with Crippen LogP contribution in [0, 0.1) is 18.2 Å². The van der Waals surface area contributed by atoms with Crippen molar-refractivity contribution in [3.8, 4) is 0 Å². The molecule has 4 heteroatoms. The smallest absolute Gasteiger partial charge is 0.126 e. The van der Waals surface area contributed by atoms with Gasteiger partial charge in [-0.2, -0.15) is 0 Å². The summed E-state index contributed by atoms with van der Waals surface area (Å²) < 4.78 is 18.5. The quantitative estimate of drug-likeness (QED) is 0.834. The molecular formula is C13H18FNO2. The highest BCUT2D eigenvalue weighted by Gasteiger charge is 2.45. The maximum Gasteiger partial charge on any atom is 0.126 e. The summed E-state index contributed by atoms with van der Waals surface area (Å²) in [7, 11) is 1.85. The maximum atomic E-state index is 13.2. The van der Waals surface area contributed by atoms with Crippen molar-refractivity contribution in [3.05, 3.63) is 35.1 Å². The van der Waals surface area contributed by atoms with Crippen LogP contribution in [-0.4, -0.2) is 32.0 Å². The van der Waals surface area contributed by atoms with Crippen LogP contribution in [0.25, 0.3) is 0 Å². The molecule has 1 aromatic rings. The highest BCUT2D eigenvalue weighted by atomic mass is 19.1. The van der Waals surface area contributed by atoms with Crippen molar-refractivity contribution < 1.29 is 14.2 Å². The monoisotopic (exact) mass is 239 g/mol. The molecule has 0 aromatic heterocycles. The molecule has 3 nitrogen and oxygen atoms in total. The van der Waals surface area contributed by atoms with Gasteiger partial charge in [0.15, 0.2) is 0 Å². The fourth-order valence-corrected chi connectivity index (χ4v) is 2.39. The summed E-state index contributed by atoms with van der Waals surface area (Å²) in [4.78, 5) is 0. The first-order valence-corrected chi connectivity index (χ1v) is 5.75. The van der Waals surface area contributed by atoms with Crippen LogP contribution in [0.3, 0.4) is 0 Å². The Labute approximate surface area is 101 Å². The van der Waals surface area contributed by atoms with E-state index < -0.39 is 0 Å². The molecule has 0 aliphatic carbocycles. The minimum absolute atomic E-state index is 0.0134. The zero-order valence-corrected chi connectivity index (χ0v) is 10.2. The van der Waals surface area contributed by atoms with E-state index in [9.17, 15) is 9.50 Å². The van der Waals surface area contributed by atoms with Crippen LogP contribution >= 0.6 is 0 Å². The van der Waals surface area contributed by atoms with Crippen molar-refractivity contribution in [1.29, 1.82) is 0 Å². The molecule has 17 heavy (non-hydrogen) atoms. The summed E-state index contributed by atoms with van der Waals surface area (Å²) in [6, 6.07) is 5.05. The van der Waals surface area contributed by atoms with Gasteiger partial charge in [-0.3, -0.25) is 0 Å². The van der Waals surface area contributed by atoms with Crippen LogP contribution in [0.5, 0.6) is 0 Å².